The highest BCUT2D eigenvalue weighted by Crippen LogP contribution is 2.32. The number of hydrogen-bond donors (Lipinski definition) is 2. The number of fused-ring (bicyclic) bond motifs is 1. The Hall–Kier alpha value is -2.88. The lowest BCUT2D eigenvalue weighted by Gasteiger charge is -2.02. The molecule has 0 atom stereocenters. The topological polar surface area (TPSA) is 57.4 Å². The number of pyridine rings is 1. The van der Waals surface area contributed by atoms with Crippen LogP contribution in [-0.4, -0.2) is 20.2 Å². The van der Waals surface area contributed by atoms with Crippen molar-refractivity contribution in [1.82, 2.24) is 20.2 Å². The average molecular weight is 290 g/mol. The van der Waals surface area contributed by atoms with Crippen molar-refractivity contribution in [2.75, 3.05) is 0 Å². The summed E-state index contributed by atoms with van der Waals surface area (Å²) < 4.78 is 0. The highest BCUT2D eigenvalue weighted by atomic mass is 15.1. The van der Waals surface area contributed by atoms with Crippen LogP contribution in [0.4, 0.5) is 0 Å². The van der Waals surface area contributed by atoms with Gasteiger partial charge in [-0.05, 0) is 24.1 Å². The predicted octanol–water partition coefficient (Wildman–Crippen LogP) is 4.49. The van der Waals surface area contributed by atoms with E-state index in [9.17, 15) is 0 Å². The lowest BCUT2D eigenvalue weighted by molar-refractivity contribution is 1.10. The number of nitrogens with zero attached hydrogens (tertiary/aromatic N) is 2. The molecule has 0 amide bonds. The molecule has 0 aromatic carbocycles. The number of hydrogen-bond acceptors (Lipinski definition) is 2. The number of allylic oxidation sites excluding steroid dienone is 5. The molecule has 0 saturated carbocycles. The predicted molar refractivity (Wildman–Crippen MR) is 91.3 cm³/mol. The first-order valence-electron chi connectivity index (χ1n) is 7.30. The van der Waals surface area contributed by atoms with Crippen LogP contribution in [0.1, 0.15) is 18.9 Å². The number of H-pyrrole nitrogens is 2. The Labute approximate surface area is 129 Å². The third-order valence-electron chi connectivity index (χ3n) is 3.54. The van der Waals surface area contributed by atoms with E-state index in [1.807, 2.05) is 36.7 Å². The number of aromatic amines is 2. The fourth-order valence-corrected chi connectivity index (χ4v) is 2.45. The maximum atomic E-state index is 4.33. The van der Waals surface area contributed by atoms with Crippen molar-refractivity contribution in [3.8, 4) is 11.3 Å². The van der Waals surface area contributed by atoms with Crippen LogP contribution in [0.3, 0.4) is 0 Å². The lowest BCUT2D eigenvalue weighted by atomic mass is 10.0. The van der Waals surface area contributed by atoms with Crippen molar-refractivity contribution in [1.29, 1.82) is 0 Å². The second kappa shape index (κ2) is 6.26. The van der Waals surface area contributed by atoms with Gasteiger partial charge in [0.15, 0.2) is 0 Å². The maximum absolute atomic E-state index is 4.33. The molecule has 3 aromatic rings. The Morgan fingerprint density at radius 2 is 2.32 bits per heavy atom. The van der Waals surface area contributed by atoms with Gasteiger partial charge in [-0.1, -0.05) is 37.8 Å². The minimum Gasteiger partial charge on any atom is -0.345 e. The summed E-state index contributed by atoms with van der Waals surface area (Å²) in [5, 5.41) is 8.37. The van der Waals surface area contributed by atoms with Crippen molar-refractivity contribution >= 4 is 16.6 Å². The largest absolute Gasteiger partial charge is 0.345 e. The van der Waals surface area contributed by atoms with E-state index in [1.165, 1.54) is 0 Å². The fraction of sp³-hybridized carbons (Fsp3) is 0.111. The zero-order valence-corrected chi connectivity index (χ0v) is 12.5. The summed E-state index contributed by atoms with van der Waals surface area (Å²) in [6.45, 7) is 6.03. The van der Waals surface area contributed by atoms with E-state index < -0.39 is 0 Å². The van der Waals surface area contributed by atoms with Crippen LogP contribution in [0, 0.1) is 0 Å². The molecule has 0 spiro atoms. The SMILES string of the molecule is C=C/C(=C\C=C/CC)c1cn[nH]c1-c1c[nH]c2ncccc12. The van der Waals surface area contributed by atoms with Crippen LogP contribution in [0.15, 0.2) is 61.6 Å². The van der Waals surface area contributed by atoms with Gasteiger partial charge in [-0.15, -0.1) is 0 Å². The normalized spacial score (nSPS) is 12.3. The zero-order valence-electron chi connectivity index (χ0n) is 12.5. The van der Waals surface area contributed by atoms with Gasteiger partial charge in [0, 0.05) is 28.9 Å². The highest BCUT2D eigenvalue weighted by Gasteiger charge is 2.14. The van der Waals surface area contributed by atoms with Crippen LogP contribution in [0.5, 0.6) is 0 Å². The van der Waals surface area contributed by atoms with E-state index in [0.717, 1.165) is 39.8 Å². The molecule has 0 saturated heterocycles. The number of aromatic nitrogens is 4. The summed E-state index contributed by atoms with van der Waals surface area (Å²) in [6.07, 6.45) is 14.6. The molecule has 0 aliphatic carbocycles. The molecular formula is C18H18N4. The summed E-state index contributed by atoms with van der Waals surface area (Å²) in [5.41, 5.74) is 4.96. The van der Waals surface area contributed by atoms with Crippen LogP contribution in [0.25, 0.3) is 27.9 Å². The van der Waals surface area contributed by atoms with Crippen molar-refractivity contribution in [2.24, 2.45) is 0 Å². The molecular weight excluding hydrogens is 272 g/mol. The van der Waals surface area contributed by atoms with E-state index >= 15 is 0 Å². The highest BCUT2D eigenvalue weighted by molar-refractivity contribution is 5.96. The van der Waals surface area contributed by atoms with Gasteiger partial charge in [-0.25, -0.2) is 4.98 Å². The van der Waals surface area contributed by atoms with E-state index in [4.69, 9.17) is 0 Å². The molecule has 110 valence electrons. The first-order chi connectivity index (χ1) is 10.8. The molecule has 0 bridgehead atoms. The summed E-state index contributed by atoms with van der Waals surface area (Å²) in [4.78, 5) is 7.53. The summed E-state index contributed by atoms with van der Waals surface area (Å²) in [6, 6.07) is 3.98. The van der Waals surface area contributed by atoms with E-state index in [-0.39, 0.29) is 0 Å². The van der Waals surface area contributed by atoms with Gasteiger partial charge < -0.3 is 4.98 Å². The first-order valence-corrected chi connectivity index (χ1v) is 7.30. The minimum atomic E-state index is 0.869. The third-order valence-corrected chi connectivity index (χ3v) is 3.54. The Kier molecular flexibility index (Phi) is 4.01. The molecule has 0 aliphatic rings. The molecule has 0 unspecified atom stereocenters. The number of rotatable bonds is 5. The summed E-state index contributed by atoms with van der Waals surface area (Å²) in [5.74, 6) is 0. The molecule has 2 N–H and O–H groups in total. The smallest absolute Gasteiger partial charge is 0.137 e. The van der Waals surface area contributed by atoms with Crippen molar-refractivity contribution in [3.63, 3.8) is 0 Å². The van der Waals surface area contributed by atoms with Crippen LogP contribution in [0.2, 0.25) is 0 Å². The van der Waals surface area contributed by atoms with Gasteiger partial charge in [-0.2, -0.15) is 5.10 Å². The van der Waals surface area contributed by atoms with Gasteiger partial charge in [-0.3, -0.25) is 5.10 Å². The van der Waals surface area contributed by atoms with E-state index in [0.29, 0.717) is 0 Å². The third kappa shape index (κ3) is 2.51. The van der Waals surface area contributed by atoms with Gasteiger partial charge in [0.2, 0.25) is 0 Å². The van der Waals surface area contributed by atoms with Crippen molar-refractivity contribution in [2.45, 2.75) is 13.3 Å². The van der Waals surface area contributed by atoms with Gasteiger partial charge >= 0.3 is 0 Å². The monoisotopic (exact) mass is 290 g/mol. The minimum absolute atomic E-state index is 0.869. The Bertz CT molecular complexity index is 849. The van der Waals surface area contributed by atoms with Crippen molar-refractivity contribution < 1.29 is 0 Å². The van der Waals surface area contributed by atoms with Crippen LogP contribution in [-0.2, 0) is 0 Å². The lowest BCUT2D eigenvalue weighted by Crippen LogP contribution is -1.84. The van der Waals surface area contributed by atoms with Crippen LogP contribution < -0.4 is 0 Å². The molecule has 4 heteroatoms. The first kappa shape index (κ1) is 14.1. The fourth-order valence-electron chi connectivity index (χ4n) is 2.45. The standard InChI is InChI=1S/C18H18N4/c1-3-5-6-8-13(4-2)15-12-21-22-17(15)16-11-20-18-14(16)9-7-10-19-18/h4-12H,2-3H2,1H3,(H,19,20)(H,21,22)/b6-5-,13-8+. The summed E-state index contributed by atoms with van der Waals surface area (Å²) in [7, 11) is 0. The molecule has 3 aromatic heterocycles. The number of nitrogens with one attached hydrogen (secondary N) is 2. The van der Waals surface area contributed by atoms with E-state index in [2.05, 4.69) is 45.8 Å². The molecule has 3 heterocycles. The Morgan fingerprint density at radius 3 is 3.14 bits per heavy atom. The maximum Gasteiger partial charge on any atom is 0.137 e. The van der Waals surface area contributed by atoms with Crippen LogP contribution >= 0.6 is 0 Å². The molecule has 3 rings (SSSR count). The molecule has 4 nitrogen and oxygen atoms in total. The Morgan fingerprint density at radius 1 is 1.41 bits per heavy atom. The van der Waals surface area contributed by atoms with Gasteiger partial charge in [0.05, 0.1) is 11.9 Å². The Balaban J connectivity index is 2.10. The molecule has 0 radical (unpaired) electrons. The second-order valence-electron chi connectivity index (χ2n) is 4.92. The van der Waals surface area contributed by atoms with Gasteiger partial charge in [0.25, 0.3) is 0 Å². The average Bonchev–Trinajstić information content (AvgIpc) is 3.18. The van der Waals surface area contributed by atoms with Gasteiger partial charge in [0.1, 0.15) is 5.65 Å². The summed E-state index contributed by atoms with van der Waals surface area (Å²) >= 11 is 0. The van der Waals surface area contributed by atoms with E-state index in [1.54, 1.807) is 6.20 Å². The molecule has 0 aliphatic heterocycles. The molecule has 22 heavy (non-hydrogen) atoms. The molecule has 0 fully saturated rings. The second-order valence-corrected chi connectivity index (χ2v) is 4.92. The quantitative estimate of drug-likeness (QED) is 0.680. The van der Waals surface area contributed by atoms with Crippen molar-refractivity contribution in [3.05, 3.63) is 67.2 Å². The zero-order chi connectivity index (χ0) is 15.4.